The van der Waals surface area contributed by atoms with E-state index in [1.807, 2.05) is 13.8 Å². The van der Waals surface area contributed by atoms with Gasteiger partial charge in [0, 0.05) is 19.2 Å². The summed E-state index contributed by atoms with van der Waals surface area (Å²) in [4.78, 5) is 8.09. The normalized spacial score (nSPS) is 10.5. The van der Waals surface area contributed by atoms with E-state index in [-0.39, 0.29) is 0 Å². The lowest BCUT2D eigenvalue weighted by Gasteiger charge is -2.10. The van der Waals surface area contributed by atoms with Gasteiger partial charge in [-0.15, -0.1) is 0 Å². The first-order valence-corrected chi connectivity index (χ1v) is 6.35. The lowest BCUT2D eigenvalue weighted by Crippen LogP contribution is -2.10. The number of hydrogen-bond acceptors (Lipinski definition) is 6. The number of hydrogen-bond donors (Lipinski definition) is 2. The van der Waals surface area contributed by atoms with Crippen LogP contribution in [0.3, 0.4) is 0 Å². The smallest absolute Gasteiger partial charge is 0.157 e. The first-order valence-electron chi connectivity index (χ1n) is 5.97. The maximum atomic E-state index is 5.98. The number of aromatic nitrogens is 3. The largest absolute Gasteiger partial charge is 0.383 e. The van der Waals surface area contributed by atoms with Gasteiger partial charge in [-0.2, -0.15) is 0 Å². The third kappa shape index (κ3) is 2.96. The number of nitrogens with zero attached hydrogens (tertiary/aromatic N) is 3. The maximum Gasteiger partial charge on any atom is 0.157 e. The van der Waals surface area contributed by atoms with Crippen molar-refractivity contribution in [2.45, 2.75) is 20.3 Å². The summed E-state index contributed by atoms with van der Waals surface area (Å²) in [6.07, 6.45) is 2.24. The SMILES string of the molecule is CNc1c(Cl)ncnc1NCCc1c(C)noc1C. The summed E-state index contributed by atoms with van der Waals surface area (Å²) < 4.78 is 5.13. The van der Waals surface area contributed by atoms with E-state index >= 15 is 0 Å². The van der Waals surface area contributed by atoms with Gasteiger partial charge in [-0.1, -0.05) is 16.8 Å². The molecule has 0 radical (unpaired) electrons. The van der Waals surface area contributed by atoms with Gasteiger partial charge >= 0.3 is 0 Å². The second kappa shape index (κ2) is 5.88. The monoisotopic (exact) mass is 281 g/mol. The summed E-state index contributed by atoms with van der Waals surface area (Å²) in [5, 5.41) is 10.5. The second-order valence-electron chi connectivity index (χ2n) is 4.12. The van der Waals surface area contributed by atoms with Crippen LogP contribution in [0.1, 0.15) is 17.0 Å². The fourth-order valence-electron chi connectivity index (χ4n) is 1.88. The Bertz CT molecular complexity index is 550. The summed E-state index contributed by atoms with van der Waals surface area (Å²) in [7, 11) is 1.78. The lowest BCUT2D eigenvalue weighted by molar-refractivity contribution is 0.392. The van der Waals surface area contributed by atoms with E-state index in [4.69, 9.17) is 16.1 Å². The quantitative estimate of drug-likeness (QED) is 0.820. The molecule has 0 saturated heterocycles. The molecule has 0 fully saturated rings. The van der Waals surface area contributed by atoms with E-state index in [1.165, 1.54) is 6.33 Å². The van der Waals surface area contributed by atoms with Crippen molar-refractivity contribution >= 4 is 23.1 Å². The molecular formula is C12H16ClN5O. The van der Waals surface area contributed by atoms with E-state index in [2.05, 4.69) is 25.8 Å². The highest BCUT2D eigenvalue weighted by Crippen LogP contribution is 2.25. The highest BCUT2D eigenvalue weighted by atomic mass is 35.5. The molecule has 102 valence electrons. The van der Waals surface area contributed by atoms with Gasteiger partial charge in [0.1, 0.15) is 17.8 Å². The lowest BCUT2D eigenvalue weighted by atomic mass is 10.1. The zero-order valence-corrected chi connectivity index (χ0v) is 11.9. The minimum absolute atomic E-state index is 0.400. The summed E-state index contributed by atoms with van der Waals surface area (Å²) in [6, 6.07) is 0. The molecule has 0 amide bonds. The van der Waals surface area contributed by atoms with Crippen LogP contribution >= 0.6 is 11.6 Å². The second-order valence-corrected chi connectivity index (χ2v) is 4.48. The molecule has 0 spiro atoms. The summed E-state index contributed by atoms with van der Waals surface area (Å²) in [5.74, 6) is 1.54. The number of rotatable bonds is 5. The third-order valence-corrected chi connectivity index (χ3v) is 3.19. The topological polar surface area (TPSA) is 75.9 Å². The number of anilines is 2. The van der Waals surface area contributed by atoms with Crippen LogP contribution < -0.4 is 10.6 Å². The zero-order chi connectivity index (χ0) is 13.8. The molecule has 0 bridgehead atoms. The van der Waals surface area contributed by atoms with Crippen molar-refractivity contribution in [2.24, 2.45) is 0 Å². The number of nitrogens with one attached hydrogen (secondary N) is 2. The molecule has 0 aromatic carbocycles. The van der Waals surface area contributed by atoms with Gasteiger partial charge in [-0.05, 0) is 20.3 Å². The van der Waals surface area contributed by atoms with Gasteiger partial charge in [0.15, 0.2) is 11.0 Å². The molecule has 0 atom stereocenters. The van der Waals surface area contributed by atoms with E-state index in [1.54, 1.807) is 7.05 Å². The minimum Gasteiger partial charge on any atom is -0.383 e. The molecule has 0 saturated carbocycles. The highest BCUT2D eigenvalue weighted by molar-refractivity contribution is 6.32. The van der Waals surface area contributed by atoms with Crippen molar-refractivity contribution in [1.29, 1.82) is 0 Å². The van der Waals surface area contributed by atoms with Crippen LogP contribution in [0.5, 0.6) is 0 Å². The van der Waals surface area contributed by atoms with Crippen molar-refractivity contribution in [3.05, 3.63) is 28.5 Å². The van der Waals surface area contributed by atoms with Crippen molar-refractivity contribution in [3.8, 4) is 0 Å². The molecule has 2 N–H and O–H groups in total. The van der Waals surface area contributed by atoms with Crippen molar-refractivity contribution < 1.29 is 4.52 Å². The van der Waals surface area contributed by atoms with E-state index in [9.17, 15) is 0 Å². The third-order valence-electron chi connectivity index (χ3n) is 2.90. The Hall–Kier alpha value is -1.82. The minimum atomic E-state index is 0.400. The van der Waals surface area contributed by atoms with Crippen molar-refractivity contribution in [2.75, 3.05) is 24.2 Å². The summed E-state index contributed by atoms with van der Waals surface area (Å²) in [6.45, 7) is 4.56. The van der Waals surface area contributed by atoms with E-state index < -0.39 is 0 Å². The Morgan fingerprint density at radius 3 is 2.74 bits per heavy atom. The van der Waals surface area contributed by atoms with Crippen LogP contribution in [0, 0.1) is 13.8 Å². The Morgan fingerprint density at radius 1 is 1.32 bits per heavy atom. The molecule has 7 heteroatoms. The molecule has 2 rings (SSSR count). The molecule has 6 nitrogen and oxygen atoms in total. The van der Waals surface area contributed by atoms with E-state index in [0.29, 0.717) is 23.2 Å². The van der Waals surface area contributed by atoms with Crippen molar-refractivity contribution in [3.63, 3.8) is 0 Å². The molecule has 19 heavy (non-hydrogen) atoms. The summed E-state index contributed by atoms with van der Waals surface area (Å²) in [5.41, 5.74) is 2.75. The van der Waals surface area contributed by atoms with Gasteiger partial charge < -0.3 is 15.2 Å². The maximum absolute atomic E-state index is 5.98. The number of halogens is 1. The predicted molar refractivity (Wildman–Crippen MR) is 74.8 cm³/mol. The molecule has 0 aliphatic carbocycles. The molecule has 0 aliphatic heterocycles. The van der Waals surface area contributed by atoms with Gasteiger partial charge in [-0.3, -0.25) is 0 Å². The highest BCUT2D eigenvalue weighted by Gasteiger charge is 2.10. The van der Waals surface area contributed by atoms with E-state index in [0.717, 1.165) is 23.4 Å². The average Bonchev–Trinajstić information content (AvgIpc) is 2.70. The fourth-order valence-corrected chi connectivity index (χ4v) is 2.11. The molecule has 2 aromatic rings. The Labute approximate surface area is 116 Å². The Morgan fingerprint density at radius 2 is 2.11 bits per heavy atom. The zero-order valence-electron chi connectivity index (χ0n) is 11.1. The van der Waals surface area contributed by atoms with Crippen LogP contribution in [0.25, 0.3) is 0 Å². The summed E-state index contributed by atoms with van der Waals surface area (Å²) >= 11 is 5.98. The molecule has 2 aromatic heterocycles. The van der Waals surface area contributed by atoms with Gasteiger partial charge in [0.25, 0.3) is 0 Å². The first kappa shape index (κ1) is 13.6. The van der Waals surface area contributed by atoms with Crippen LogP contribution in [-0.4, -0.2) is 28.7 Å². The van der Waals surface area contributed by atoms with Crippen LogP contribution in [0.4, 0.5) is 11.5 Å². The van der Waals surface area contributed by atoms with Crippen molar-refractivity contribution in [1.82, 2.24) is 15.1 Å². The fraction of sp³-hybridized carbons (Fsp3) is 0.417. The van der Waals surface area contributed by atoms with Crippen LogP contribution in [-0.2, 0) is 6.42 Å². The number of aryl methyl sites for hydroxylation is 2. The van der Waals surface area contributed by atoms with Crippen LogP contribution in [0.15, 0.2) is 10.9 Å². The first-order chi connectivity index (χ1) is 9.13. The Kier molecular flexibility index (Phi) is 4.21. The predicted octanol–water partition coefficient (Wildman–Crippen LogP) is 2.43. The average molecular weight is 282 g/mol. The van der Waals surface area contributed by atoms with Gasteiger partial charge in [-0.25, -0.2) is 9.97 Å². The van der Waals surface area contributed by atoms with Gasteiger partial charge in [0.2, 0.25) is 0 Å². The van der Waals surface area contributed by atoms with Crippen LogP contribution in [0.2, 0.25) is 5.15 Å². The molecular weight excluding hydrogens is 266 g/mol. The Balaban J connectivity index is 2.02. The molecule has 2 heterocycles. The molecule has 0 aliphatic rings. The standard InChI is InChI=1S/C12H16ClN5O/c1-7-9(8(2)19-18-7)4-5-15-12-10(14-3)11(13)16-6-17-12/h6,14H,4-5H2,1-3H3,(H,15,16,17). The van der Waals surface area contributed by atoms with Gasteiger partial charge in [0.05, 0.1) is 5.69 Å². The molecule has 0 unspecified atom stereocenters.